The van der Waals surface area contributed by atoms with Gasteiger partial charge in [0, 0.05) is 42.0 Å². The van der Waals surface area contributed by atoms with Crippen LogP contribution in [0.15, 0.2) is 11.6 Å². The van der Waals surface area contributed by atoms with E-state index in [9.17, 15) is 0 Å². The average molecular weight is 312 g/mol. The van der Waals surface area contributed by atoms with E-state index < -0.39 is 0 Å². The van der Waals surface area contributed by atoms with Crippen molar-refractivity contribution >= 4 is 28.2 Å². The van der Waals surface area contributed by atoms with Gasteiger partial charge in [0.05, 0.1) is 0 Å². The lowest BCUT2D eigenvalue weighted by atomic mass is 10.0. The highest BCUT2D eigenvalue weighted by atomic mass is 32.2. The first-order valence-electron chi connectivity index (χ1n) is 7.87. The second-order valence-electron chi connectivity index (χ2n) is 5.83. The first kappa shape index (κ1) is 14.7. The van der Waals surface area contributed by atoms with E-state index in [-0.39, 0.29) is 0 Å². The largest absolute Gasteiger partial charge is 0.348 e. The summed E-state index contributed by atoms with van der Waals surface area (Å²) >= 11 is 3.91. The van der Waals surface area contributed by atoms with Crippen molar-refractivity contribution in [2.24, 2.45) is 0 Å². The molecule has 2 heterocycles. The minimum Gasteiger partial charge on any atom is -0.348 e. The van der Waals surface area contributed by atoms with Gasteiger partial charge in [0.2, 0.25) is 0 Å². The molecule has 1 aliphatic carbocycles. The lowest BCUT2D eigenvalue weighted by Gasteiger charge is -2.33. The van der Waals surface area contributed by atoms with Crippen molar-refractivity contribution in [3.8, 4) is 0 Å². The highest BCUT2D eigenvalue weighted by Crippen LogP contribution is 2.30. The van der Waals surface area contributed by atoms with Gasteiger partial charge in [-0.15, -0.1) is 11.3 Å². The molecule has 3 nitrogen and oxygen atoms in total. The number of nitrogens with one attached hydrogen (secondary N) is 1. The number of piperidine rings is 1. The molecule has 1 saturated carbocycles. The third-order valence-corrected chi connectivity index (χ3v) is 6.51. The normalized spacial score (nSPS) is 28.1. The molecule has 1 saturated heterocycles. The van der Waals surface area contributed by atoms with Crippen LogP contribution >= 0.6 is 23.1 Å². The Kier molecular flexibility index (Phi) is 5.24. The van der Waals surface area contributed by atoms with Crippen LogP contribution in [0, 0.1) is 0 Å². The zero-order valence-electron chi connectivity index (χ0n) is 12.3. The van der Waals surface area contributed by atoms with Crippen LogP contribution in [0.1, 0.15) is 39.0 Å². The van der Waals surface area contributed by atoms with E-state index in [1.807, 2.05) is 6.20 Å². The second kappa shape index (κ2) is 7.14. The van der Waals surface area contributed by atoms with Crippen molar-refractivity contribution in [1.82, 2.24) is 10.3 Å². The van der Waals surface area contributed by atoms with Gasteiger partial charge in [0.15, 0.2) is 5.13 Å². The predicted molar refractivity (Wildman–Crippen MR) is 90.0 cm³/mol. The summed E-state index contributed by atoms with van der Waals surface area (Å²) in [5, 5.41) is 8.10. The molecule has 0 aromatic carbocycles. The summed E-state index contributed by atoms with van der Waals surface area (Å²) in [4.78, 5) is 6.86. The maximum atomic E-state index is 4.42. The highest BCUT2D eigenvalue weighted by Gasteiger charge is 2.28. The number of nitrogens with zero attached hydrogens (tertiary/aromatic N) is 2. The van der Waals surface area contributed by atoms with Crippen molar-refractivity contribution < 1.29 is 0 Å². The second-order valence-corrected chi connectivity index (χ2v) is 8.28. The monoisotopic (exact) mass is 311 g/mol. The van der Waals surface area contributed by atoms with Crippen molar-refractivity contribution in [2.45, 2.75) is 56.4 Å². The SMILES string of the molecule is CCS[C@@H]1CC[C@H](NC2CCN(c3nccs3)CC2)C1. The summed E-state index contributed by atoms with van der Waals surface area (Å²) in [7, 11) is 0. The molecule has 0 amide bonds. The number of thiazole rings is 1. The quantitative estimate of drug-likeness (QED) is 0.902. The van der Waals surface area contributed by atoms with Crippen molar-refractivity contribution in [3.05, 3.63) is 11.6 Å². The summed E-state index contributed by atoms with van der Waals surface area (Å²) in [6.45, 7) is 4.59. The fraction of sp³-hybridized carbons (Fsp3) is 0.800. The first-order valence-corrected chi connectivity index (χ1v) is 9.80. The molecule has 3 rings (SSSR count). The number of aromatic nitrogens is 1. The molecule has 112 valence electrons. The van der Waals surface area contributed by atoms with E-state index in [1.165, 1.54) is 43.0 Å². The van der Waals surface area contributed by atoms with Crippen LogP contribution in [0.5, 0.6) is 0 Å². The fourth-order valence-corrected chi connectivity index (χ4v) is 5.26. The van der Waals surface area contributed by atoms with Crippen LogP contribution < -0.4 is 10.2 Å². The van der Waals surface area contributed by atoms with Crippen molar-refractivity contribution in [3.63, 3.8) is 0 Å². The van der Waals surface area contributed by atoms with Crippen LogP contribution in [0.4, 0.5) is 5.13 Å². The van der Waals surface area contributed by atoms with Crippen molar-refractivity contribution in [1.29, 1.82) is 0 Å². The summed E-state index contributed by atoms with van der Waals surface area (Å²) in [6, 6.07) is 1.50. The van der Waals surface area contributed by atoms with E-state index in [4.69, 9.17) is 0 Å². The third-order valence-electron chi connectivity index (χ3n) is 4.44. The molecule has 0 spiro atoms. The number of anilines is 1. The van der Waals surface area contributed by atoms with Gasteiger partial charge in [0.25, 0.3) is 0 Å². The van der Waals surface area contributed by atoms with Gasteiger partial charge in [-0.25, -0.2) is 4.98 Å². The molecule has 1 aliphatic heterocycles. The Morgan fingerprint density at radius 3 is 2.85 bits per heavy atom. The Morgan fingerprint density at radius 1 is 1.30 bits per heavy atom. The van der Waals surface area contributed by atoms with E-state index in [2.05, 4.69) is 39.3 Å². The predicted octanol–water partition coefficient (Wildman–Crippen LogP) is 3.38. The maximum Gasteiger partial charge on any atom is 0.185 e. The molecule has 0 bridgehead atoms. The van der Waals surface area contributed by atoms with Gasteiger partial charge in [-0.05, 0) is 37.9 Å². The summed E-state index contributed by atoms with van der Waals surface area (Å²) in [5.41, 5.74) is 0. The molecule has 0 radical (unpaired) electrons. The molecule has 1 N–H and O–H groups in total. The number of hydrogen-bond donors (Lipinski definition) is 1. The lowest BCUT2D eigenvalue weighted by Crippen LogP contribution is -2.45. The molecule has 5 heteroatoms. The average Bonchev–Trinajstić information content (AvgIpc) is 3.12. The Hall–Kier alpha value is -0.260. The summed E-state index contributed by atoms with van der Waals surface area (Å²) in [5.74, 6) is 1.27. The van der Waals surface area contributed by atoms with Gasteiger partial charge in [-0.3, -0.25) is 0 Å². The number of hydrogen-bond acceptors (Lipinski definition) is 5. The molecule has 2 atom stereocenters. The Balaban J connectivity index is 1.41. The first-order chi connectivity index (χ1) is 9.85. The van der Waals surface area contributed by atoms with Crippen LogP contribution in [0.2, 0.25) is 0 Å². The van der Waals surface area contributed by atoms with Gasteiger partial charge >= 0.3 is 0 Å². The van der Waals surface area contributed by atoms with E-state index in [0.29, 0.717) is 0 Å². The highest BCUT2D eigenvalue weighted by molar-refractivity contribution is 7.99. The Morgan fingerprint density at radius 2 is 2.15 bits per heavy atom. The van der Waals surface area contributed by atoms with E-state index in [1.54, 1.807) is 11.3 Å². The minimum atomic E-state index is 0.724. The molecule has 1 aromatic rings. The summed E-state index contributed by atoms with van der Waals surface area (Å²) in [6.07, 6.45) is 8.61. The standard InChI is InChI=1S/C15H25N3S2/c1-2-19-14-4-3-13(11-14)17-12-5-8-18(9-6-12)15-16-7-10-20-15/h7,10,12-14,17H,2-6,8-9,11H2,1H3/t13-,14+/m0/s1. The van der Waals surface area contributed by atoms with E-state index >= 15 is 0 Å². The topological polar surface area (TPSA) is 28.2 Å². The molecule has 2 aliphatic rings. The van der Waals surface area contributed by atoms with Gasteiger partial charge in [-0.2, -0.15) is 11.8 Å². The number of thioether (sulfide) groups is 1. The lowest BCUT2D eigenvalue weighted by molar-refractivity contribution is 0.368. The van der Waals surface area contributed by atoms with E-state index in [0.717, 1.165) is 30.4 Å². The van der Waals surface area contributed by atoms with Gasteiger partial charge in [-0.1, -0.05) is 6.92 Å². The zero-order chi connectivity index (χ0) is 13.8. The van der Waals surface area contributed by atoms with Crippen LogP contribution in [0.25, 0.3) is 0 Å². The molecule has 20 heavy (non-hydrogen) atoms. The Bertz CT molecular complexity index is 388. The maximum absolute atomic E-state index is 4.42. The minimum absolute atomic E-state index is 0.724. The molecule has 0 unspecified atom stereocenters. The zero-order valence-corrected chi connectivity index (χ0v) is 13.9. The fourth-order valence-electron chi connectivity index (χ4n) is 3.42. The Labute approximate surface area is 130 Å². The number of rotatable bonds is 5. The molecule has 1 aromatic heterocycles. The van der Waals surface area contributed by atoms with Crippen LogP contribution in [-0.4, -0.2) is 41.2 Å². The van der Waals surface area contributed by atoms with Crippen LogP contribution in [0.3, 0.4) is 0 Å². The molecule has 2 fully saturated rings. The summed E-state index contributed by atoms with van der Waals surface area (Å²) < 4.78 is 0. The molecular formula is C15H25N3S2. The molecular weight excluding hydrogens is 286 g/mol. The van der Waals surface area contributed by atoms with Gasteiger partial charge < -0.3 is 10.2 Å². The van der Waals surface area contributed by atoms with Gasteiger partial charge in [0.1, 0.15) is 0 Å². The third kappa shape index (κ3) is 3.68. The van der Waals surface area contributed by atoms with Crippen LogP contribution in [-0.2, 0) is 0 Å². The van der Waals surface area contributed by atoms with Crippen molar-refractivity contribution in [2.75, 3.05) is 23.7 Å². The smallest absolute Gasteiger partial charge is 0.185 e.